The van der Waals surface area contributed by atoms with Gasteiger partial charge in [0.1, 0.15) is 11.6 Å². The molecule has 2 rings (SSSR count). The Hall–Kier alpha value is -1.09. The molecule has 16 heavy (non-hydrogen) atoms. The molecule has 1 aliphatic heterocycles. The lowest BCUT2D eigenvalue weighted by atomic mass is 10.1. The number of likely N-dealkylation sites (tertiary alicyclic amines) is 1. The average molecular weight is 223 g/mol. The Labute approximate surface area is 96.0 Å². The van der Waals surface area contributed by atoms with Gasteiger partial charge >= 0.3 is 0 Å². The Morgan fingerprint density at radius 3 is 3.06 bits per heavy atom. The zero-order valence-corrected chi connectivity index (χ0v) is 9.66. The van der Waals surface area contributed by atoms with Crippen molar-refractivity contribution in [2.24, 2.45) is 0 Å². The van der Waals surface area contributed by atoms with Gasteiger partial charge in [-0.3, -0.25) is 0 Å². The summed E-state index contributed by atoms with van der Waals surface area (Å²) in [6.45, 7) is 1.85. The highest BCUT2D eigenvalue weighted by molar-refractivity contribution is 5.22. The van der Waals surface area contributed by atoms with Crippen molar-refractivity contribution in [3.8, 4) is 5.75 Å². The third-order valence-electron chi connectivity index (χ3n) is 3.19. The summed E-state index contributed by atoms with van der Waals surface area (Å²) in [5.41, 5.74) is 0. The van der Waals surface area contributed by atoms with E-state index in [1.54, 1.807) is 12.1 Å². The Morgan fingerprint density at radius 2 is 2.38 bits per heavy atom. The summed E-state index contributed by atoms with van der Waals surface area (Å²) in [5, 5.41) is 0. The summed E-state index contributed by atoms with van der Waals surface area (Å²) in [5.74, 6) is 0.385. The number of hydrogen-bond acceptors (Lipinski definition) is 2. The van der Waals surface area contributed by atoms with Crippen molar-refractivity contribution in [2.45, 2.75) is 25.3 Å². The molecule has 3 heteroatoms. The van der Waals surface area contributed by atoms with Crippen LogP contribution in [0.2, 0.25) is 0 Å². The molecule has 1 unspecified atom stereocenters. The first-order valence-corrected chi connectivity index (χ1v) is 5.84. The molecule has 0 bridgehead atoms. The van der Waals surface area contributed by atoms with Crippen molar-refractivity contribution in [2.75, 3.05) is 20.2 Å². The molecule has 1 atom stereocenters. The van der Waals surface area contributed by atoms with Gasteiger partial charge in [-0.05, 0) is 45.0 Å². The topological polar surface area (TPSA) is 12.5 Å². The molecular formula is C13H18FNO. The molecule has 0 radical (unpaired) electrons. The van der Waals surface area contributed by atoms with Crippen LogP contribution in [0.15, 0.2) is 24.3 Å². The summed E-state index contributed by atoms with van der Waals surface area (Å²) in [4.78, 5) is 2.37. The van der Waals surface area contributed by atoms with Crippen LogP contribution in [0.1, 0.15) is 19.3 Å². The van der Waals surface area contributed by atoms with Gasteiger partial charge in [-0.1, -0.05) is 6.07 Å². The van der Waals surface area contributed by atoms with Crippen LogP contribution in [0, 0.1) is 5.82 Å². The van der Waals surface area contributed by atoms with Gasteiger partial charge in [0.15, 0.2) is 0 Å². The molecule has 1 heterocycles. The van der Waals surface area contributed by atoms with Gasteiger partial charge in [-0.2, -0.15) is 0 Å². The lowest BCUT2D eigenvalue weighted by molar-refractivity contribution is 0.233. The number of benzene rings is 1. The van der Waals surface area contributed by atoms with Gasteiger partial charge < -0.3 is 9.64 Å². The summed E-state index contributed by atoms with van der Waals surface area (Å²) < 4.78 is 18.4. The second-order valence-corrected chi connectivity index (χ2v) is 4.37. The third kappa shape index (κ3) is 2.95. The fourth-order valence-corrected chi connectivity index (χ4v) is 2.21. The van der Waals surface area contributed by atoms with Crippen molar-refractivity contribution in [1.82, 2.24) is 4.90 Å². The van der Waals surface area contributed by atoms with E-state index in [2.05, 4.69) is 11.9 Å². The Kier molecular flexibility index (Phi) is 3.78. The van der Waals surface area contributed by atoms with E-state index in [1.807, 2.05) is 0 Å². The van der Waals surface area contributed by atoms with Gasteiger partial charge in [0, 0.05) is 12.1 Å². The number of hydrogen-bond donors (Lipinski definition) is 0. The Morgan fingerprint density at radius 1 is 1.50 bits per heavy atom. The number of ether oxygens (including phenoxy) is 1. The van der Waals surface area contributed by atoms with E-state index < -0.39 is 0 Å². The number of nitrogens with zero attached hydrogens (tertiary/aromatic N) is 1. The number of rotatable bonds is 4. The minimum atomic E-state index is -0.240. The summed E-state index contributed by atoms with van der Waals surface area (Å²) >= 11 is 0. The van der Waals surface area contributed by atoms with Gasteiger partial charge in [-0.15, -0.1) is 0 Å². The quantitative estimate of drug-likeness (QED) is 0.778. The molecule has 2 nitrogen and oxygen atoms in total. The number of halogens is 1. The van der Waals surface area contributed by atoms with Crippen LogP contribution >= 0.6 is 0 Å². The molecular weight excluding hydrogens is 205 g/mol. The van der Waals surface area contributed by atoms with Crippen LogP contribution < -0.4 is 4.74 Å². The molecule has 1 aromatic carbocycles. The fraction of sp³-hybridized carbons (Fsp3) is 0.538. The van der Waals surface area contributed by atoms with Crippen molar-refractivity contribution < 1.29 is 9.13 Å². The van der Waals surface area contributed by atoms with E-state index in [9.17, 15) is 4.39 Å². The maximum absolute atomic E-state index is 12.9. The molecule has 1 aliphatic rings. The molecule has 1 fully saturated rings. The summed E-state index contributed by atoms with van der Waals surface area (Å²) in [7, 11) is 2.15. The highest BCUT2D eigenvalue weighted by atomic mass is 19.1. The average Bonchev–Trinajstić information content (AvgIpc) is 2.65. The standard InChI is InChI=1S/C13H18FNO/c1-15-8-3-5-12(15)7-9-16-13-6-2-4-11(14)10-13/h2,4,6,10,12H,3,5,7-9H2,1H3. The van der Waals surface area contributed by atoms with E-state index in [-0.39, 0.29) is 5.82 Å². The van der Waals surface area contributed by atoms with Gasteiger partial charge in [0.2, 0.25) is 0 Å². The monoisotopic (exact) mass is 223 g/mol. The smallest absolute Gasteiger partial charge is 0.126 e. The van der Waals surface area contributed by atoms with E-state index in [0.29, 0.717) is 18.4 Å². The van der Waals surface area contributed by atoms with Crippen LogP contribution in [-0.4, -0.2) is 31.1 Å². The van der Waals surface area contributed by atoms with Crippen molar-refractivity contribution in [3.63, 3.8) is 0 Å². The molecule has 88 valence electrons. The van der Waals surface area contributed by atoms with Crippen LogP contribution in [0.4, 0.5) is 4.39 Å². The first kappa shape index (κ1) is 11.4. The first-order chi connectivity index (χ1) is 7.75. The van der Waals surface area contributed by atoms with Gasteiger partial charge in [0.25, 0.3) is 0 Å². The highest BCUT2D eigenvalue weighted by Gasteiger charge is 2.20. The van der Waals surface area contributed by atoms with E-state index in [4.69, 9.17) is 4.74 Å². The molecule has 0 N–H and O–H groups in total. The largest absolute Gasteiger partial charge is 0.493 e. The maximum Gasteiger partial charge on any atom is 0.126 e. The van der Waals surface area contributed by atoms with E-state index in [1.165, 1.54) is 31.5 Å². The zero-order valence-electron chi connectivity index (χ0n) is 9.66. The Balaban J connectivity index is 1.75. The lowest BCUT2D eigenvalue weighted by Gasteiger charge is -2.19. The molecule has 1 saturated heterocycles. The second-order valence-electron chi connectivity index (χ2n) is 4.37. The normalized spacial score (nSPS) is 21.2. The van der Waals surface area contributed by atoms with Crippen LogP contribution in [0.3, 0.4) is 0 Å². The summed E-state index contributed by atoms with van der Waals surface area (Å²) in [6.07, 6.45) is 3.55. The molecule has 0 spiro atoms. The van der Waals surface area contributed by atoms with Crippen molar-refractivity contribution in [3.05, 3.63) is 30.1 Å². The van der Waals surface area contributed by atoms with Gasteiger partial charge in [-0.25, -0.2) is 4.39 Å². The second kappa shape index (κ2) is 5.30. The van der Waals surface area contributed by atoms with Crippen molar-refractivity contribution >= 4 is 0 Å². The SMILES string of the molecule is CN1CCCC1CCOc1cccc(F)c1. The Bertz CT molecular complexity index is 342. The minimum absolute atomic E-state index is 0.240. The first-order valence-electron chi connectivity index (χ1n) is 5.84. The maximum atomic E-state index is 12.9. The van der Waals surface area contributed by atoms with Crippen LogP contribution in [0.5, 0.6) is 5.75 Å². The third-order valence-corrected chi connectivity index (χ3v) is 3.19. The minimum Gasteiger partial charge on any atom is -0.493 e. The molecule has 0 aromatic heterocycles. The fourth-order valence-electron chi connectivity index (χ4n) is 2.21. The molecule has 0 amide bonds. The molecule has 0 aliphatic carbocycles. The van der Waals surface area contributed by atoms with Crippen LogP contribution in [0.25, 0.3) is 0 Å². The predicted octanol–water partition coefficient (Wildman–Crippen LogP) is 2.69. The van der Waals surface area contributed by atoms with E-state index in [0.717, 1.165) is 6.42 Å². The van der Waals surface area contributed by atoms with Crippen LogP contribution in [-0.2, 0) is 0 Å². The molecule has 0 saturated carbocycles. The lowest BCUT2D eigenvalue weighted by Crippen LogP contribution is -2.26. The molecule has 1 aromatic rings. The highest BCUT2D eigenvalue weighted by Crippen LogP contribution is 2.18. The van der Waals surface area contributed by atoms with E-state index >= 15 is 0 Å². The zero-order chi connectivity index (χ0) is 11.4. The predicted molar refractivity (Wildman–Crippen MR) is 62.2 cm³/mol. The van der Waals surface area contributed by atoms with Crippen molar-refractivity contribution in [1.29, 1.82) is 0 Å². The summed E-state index contributed by atoms with van der Waals surface area (Å²) in [6, 6.07) is 6.96. The van der Waals surface area contributed by atoms with Gasteiger partial charge in [0.05, 0.1) is 6.61 Å².